The molecule has 0 radical (unpaired) electrons. The predicted octanol–water partition coefficient (Wildman–Crippen LogP) is 3.46. The summed E-state index contributed by atoms with van der Waals surface area (Å²) in [5.41, 5.74) is 1.44. The molecule has 1 atom stereocenters. The summed E-state index contributed by atoms with van der Waals surface area (Å²) >= 11 is 0. The maximum Gasteiger partial charge on any atom is 0.101 e. The summed E-state index contributed by atoms with van der Waals surface area (Å²) < 4.78 is 0. The zero-order chi connectivity index (χ0) is 12.8. The van der Waals surface area contributed by atoms with E-state index in [0.717, 1.165) is 6.42 Å². The SMILES string of the molecule is CCCCN1C=CN(C)C1CCc1ccccc1. The highest BCUT2D eigenvalue weighted by molar-refractivity contribution is 5.15. The van der Waals surface area contributed by atoms with Gasteiger partial charge in [0.25, 0.3) is 0 Å². The molecule has 2 rings (SSSR count). The van der Waals surface area contributed by atoms with E-state index in [1.54, 1.807) is 0 Å². The molecule has 1 unspecified atom stereocenters. The van der Waals surface area contributed by atoms with E-state index in [0.29, 0.717) is 6.17 Å². The second-order valence-electron chi connectivity index (χ2n) is 5.06. The van der Waals surface area contributed by atoms with Crippen LogP contribution in [0.1, 0.15) is 31.7 Å². The Hall–Kier alpha value is -1.44. The Morgan fingerprint density at radius 2 is 1.89 bits per heavy atom. The van der Waals surface area contributed by atoms with Gasteiger partial charge in [-0.25, -0.2) is 0 Å². The molecule has 98 valence electrons. The molecular weight excluding hydrogens is 220 g/mol. The molecule has 1 aliphatic rings. The highest BCUT2D eigenvalue weighted by atomic mass is 15.4. The Kier molecular flexibility index (Phi) is 4.68. The molecule has 2 nitrogen and oxygen atoms in total. The van der Waals surface area contributed by atoms with Crippen LogP contribution in [0.5, 0.6) is 0 Å². The first-order valence-electron chi connectivity index (χ1n) is 7.01. The van der Waals surface area contributed by atoms with E-state index in [2.05, 4.69) is 66.5 Å². The maximum absolute atomic E-state index is 2.48. The Balaban J connectivity index is 1.86. The third-order valence-electron chi connectivity index (χ3n) is 3.65. The predicted molar refractivity (Wildman–Crippen MR) is 77.1 cm³/mol. The molecule has 1 heterocycles. The van der Waals surface area contributed by atoms with Crippen molar-refractivity contribution < 1.29 is 0 Å². The van der Waals surface area contributed by atoms with Gasteiger partial charge in [0.15, 0.2) is 0 Å². The van der Waals surface area contributed by atoms with E-state index in [1.807, 2.05) is 0 Å². The highest BCUT2D eigenvalue weighted by Crippen LogP contribution is 2.19. The summed E-state index contributed by atoms with van der Waals surface area (Å²) in [6, 6.07) is 10.8. The molecule has 0 aromatic heterocycles. The molecule has 0 N–H and O–H groups in total. The molecule has 1 aliphatic heterocycles. The summed E-state index contributed by atoms with van der Waals surface area (Å²) in [6.07, 6.45) is 9.87. The largest absolute Gasteiger partial charge is 0.359 e. The van der Waals surface area contributed by atoms with Crippen LogP contribution in [0.25, 0.3) is 0 Å². The molecule has 0 aliphatic carbocycles. The van der Waals surface area contributed by atoms with E-state index in [4.69, 9.17) is 0 Å². The quantitative estimate of drug-likeness (QED) is 0.756. The molecule has 1 aromatic carbocycles. The number of aryl methyl sites for hydroxylation is 1. The number of hydrogen-bond donors (Lipinski definition) is 0. The lowest BCUT2D eigenvalue weighted by Crippen LogP contribution is -2.37. The smallest absolute Gasteiger partial charge is 0.101 e. The van der Waals surface area contributed by atoms with Crippen molar-refractivity contribution >= 4 is 0 Å². The minimum Gasteiger partial charge on any atom is -0.359 e. The van der Waals surface area contributed by atoms with Crippen molar-refractivity contribution in [2.45, 2.75) is 38.8 Å². The van der Waals surface area contributed by atoms with Crippen LogP contribution in [0.4, 0.5) is 0 Å². The second kappa shape index (κ2) is 6.48. The molecule has 1 aromatic rings. The molecular formula is C16H24N2. The number of nitrogens with zero attached hydrogens (tertiary/aromatic N) is 2. The molecule has 18 heavy (non-hydrogen) atoms. The average molecular weight is 244 g/mol. The van der Waals surface area contributed by atoms with Gasteiger partial charge in [-0.1, -0.05) is 43.7 Å². The summed E-state index contributed by atoms with van der Waals surface area (Å²) in [6.45, 7) is 3.43. The number of rotatable bonds is 6. The van der Waals surface area contributed by atoms with Crippen molar-refractivity contribution in [2.75, 3.05) is 13.6 Å². The van der Waals surface area contributed by atoms with Gasteiger partial charge in [-0.05, 0) is 24.8 Å². The van der Waals surface area contributed by atoms with Crippen LogP contribution in [-0.2, 0) is 6.42 Å². The third-order valence-corrected chi connectivity index (χ3v) is 3.65. The number of hydrogen-bond acceptors (Lipinski definition) is 2. The Morgan fingerprint density at radius 3 is 2.61 bits per heavy atom. The van der Waals surface area contributed by atoms with Crippen molar-refractivity contribution in [1.29, 1.82) is 0 Å². The van der Waals surface area contributed by atoms with Gasteiger partial charge in [-0.15, -0.1) is 0 Å². The summed E-state index contributed by atoms with van der Waals surface area (Å²) in [5, 5.41) is 0. The first-order chi connectivity index (χ1) is 8.81. The van der Waals surface area contributed by atoms with Crippen LogP contribution in [0.15, 0.2) is 42.7 Å². The third kappa shape index (κ3) is 3.28. The van der Waals surface area contributed by atoms with Crippen LogP contribution in [0.2, 0.25) is 0 Å². The monoisotopic (exact) mass is 244 g/mol. The van der Waals surface area contributed by atoms with Crippen molar-refractivity contribution in [1.82, 2.24) is 9.80 Å². The summed E-state index contributed by atoms with van der Waals surface area (Å²) in [5.74, 6) is 0. The maximum atomic E-state index is 2.48. The Bertz CT molecular complexity index is 372. The normalized spacial score (nSPS) is 18.7. The first kappa shape index (κ1) is 13.0. The van der Waals surface area contributed by atoms with Gasteiger partial charge in [-0.2, -0.15) is 0 Å². The minimum atomic E-state index is 0.539. The zero-order valence-electron chi connectivity index (χ0n) is 11.5. The van der Waals surface area contributed by atoms with Crippen molar-refractivity contribution in [3.8, 4) is 0 Å². The zero-order valence-corrected chi connectivity index (χ0v) is 11.5. The van der Waals surface area contributed by atoms with Crippen LogP contribution < -0.4 is 0 Å². The van der Waals surface area contributed by atoms with Gasteiger partial charge in [-0.3, -0.25) is 0 Å². The number of benzene rings is 1. The van der Waals surface area contributed by atoms with E-state index in [9.17, 15) is 0 Å². The van der Waals surface area contributed by atoms with Crippen molar-refractivity contribution in [2.24, 2.45) is 0 Å². The van der Waals surface area contributed by atoms with E-state index in [1.165, 1.54) is 31.4 Å². The molecule has 0 amide bonds. The second-order valence-corrected chi connectivity index (χ2v) is 5.06. The van der Waals surface area contributed by atoms with Gasteiger partial charge in [0, 0.05) is 26.0 Å². The van der Waals surface area contributed by atoms with Crippen LogP contribution >= 0.6 is 0 Å². The molecule has 0 bridgehead atoms. The van der Waals surface area contributed by atoms with E-state index < -0.39 is 0 Å². The lowest BCUT2D eigenvalue weighted by atomic mass is 10.1. The molecule has 0 fully saturated rings. The van der Waals surface area contributed by atoms with Gasteiger partial charge in [0.1, 0.15) is 6.17 Å². The van der Waals surface area contributed by atoms with Crippen molar-refractivity contribution in [3.63, 3.8) is 0 Å². The summed E-state index contributed by atoms with van der Waals surface area (Å²) in [4.78, 5) is 4.81. The topological polar surface area (TPSA) is 6.48 Å². The van der Waals surface area contributed by atoms with Gasteiger partial charge >= 0.3 is 0 Å². The Morgan fingerprint density at radius 1 is 1.11 bits per heavy atom. The summed E-state index contributed by atoms with van der Waals surface area (Å²) in [7, 11) is 2.18. The van der Waals surface area contributed by atoms with Crippen LogP contribution in [-0.4, -0.2) is 29.6 Å². The fourth-order valence-corrected chi connectivity index (χ4v) is 2.50. The first-order valence-corrected chi connectivity index (χ1v) is 7.01. The Labute approximate surface area is 111 Å². The van der Waals surface area contributed by atoms with Gasteiger partial charge in [0.2, 0.25) is 0 Å². The number of unbranched alkanes of at least 4 members (excludes halogenated alkanes) is 1. The molecule has 0 saturated carbocycles. The lowest BCUT2D eigenvalue weighted by Gasteiger charge is -2.30. The average Bonchev–Trinajstić information content (AvgIpc) is 2.76. The molecule has 2 heteroatoms. The van der Waals surface area contributed by atoms with E-state index >= 15 is 0 Å². The van der Waals surface area contributed by atoms with E-state index in [-0.39, 0.29) is 0 Å². The molecule has 0 saturated heterocycles. The van der Waals surface area contributed by atoms with Crippen molar-refractivity contribution in [3.05, 3.63) is 48.3 Å². The molecule has 0 spiro atoms. The minimum absolute atomic E-state index is 0.539. The van der Waals surface area contributed by atoms with Crippen LogP contribution in [0.3, 0.4) is 0 Å². The fourth-order valence-electron chi connectivity index (χ4n) is 2.50. The fraction of sp³-hybridized carbons (Fsp3) is 0.500. The van der Waals surface area contributed by atoms with Gasteiger partial charge in [0.05, 0.1) is 0 Å². The highest BCUT2D eigenvalue weighted by Gasteiger charge is 2.22. The lowest BCUT2D eigenvalue weighted by molar-refractivity contribution is 0.164. The van der Waals surface area contributed by atoms with Crippen LogP contribution in [0, 0.1) is 0 Å². The standard InChI is InChI=1S/C16H24N2/c1-3-4-12-18-14-13-17(2)16(18)11-10-15-8-6-5-7-9-15/h5-9,13-14,16H,3-4,10-12H2,1-2H3. The van der Waals surface area contributed by atoms with Gasteiger partial charge < -0.3 is 9.80 Å².